The lowest BCUT2D eigenvalue weighted by atomic mass is 10.0. The average molecular weight is 463 g/mol. The van der Waals surface area contributed by atoms with Crippen molar-refractivity contribution >= 4 is 23.6 Å². The lowest BCUT2D eigenvalue weighted by Crippen LogP contribution is -2.42. The molecule has 1 aliphatic heterocycles. The second-order valence-electron chi connectivity index (χ2n) is 7.85. The van der Waals surface area contributed by atoms with Gasteiger partial charge in [-0.25, -0.2) is 9.78 Å². The molecule has 2 heterocycles. The van der Waals surface area contributed by atoms with E-state index >= 15 is 0 Å². The largest absolute Gasteiger partial charge is 0.443 e. The summed E-state index contributed by atoms with van der Waals surface area (Å²) >= 11 is 0. The summed E-state index contributed by atoms with van der Waals surface area (Å²) in [6.45, 7) is 2.24. The van der Waals surface area contributed by atoms with Crippen molar-refractivity contribution < 1.29 is 23.5 Å². The van der Waals surface area contributed by atoms with Gasteiger partial charge in [0.2, 0.25) is 5.91 Å². The van der Waals surface area contributed by atoms with E-state index in [1.54, 1.807) is 20.0 Å². The first-order chi connectivity index (χ1) is 16.5. The van der Waals surface area contributed by atoms with Gasteiger partial charge in [0.15, 0.2) is 17.8 Å². The molecular weight excluding hydrogens is 436 g/mol. The Kier molecular flexibility index (Phi) is 6.91. The number of hydrogen-bond donors (Lipinski definition) is 1. The van der Waals surface area contributed by atoms with Crippen molar-refractivity contribution in [3.05, 3.63) is 72.2 Å². The number of anilines is 1. The van der Waals surface area contributed by atoms with Gasteiger partial charge in [0.1, 0.15) is 12.6 Å². The van der Waals surface area contributed by atoms with Crippen LogP contribution in [0.15, 0.2) is 65.4 Å². The highest BCUT2D eigenvalue weighted by molar-refractivity contribution is 6.02. The van der Waals surface area contributed by atoms with Gasteiger partial charge in [-0.15, -0.1) is 0 Å². The van der Waals surface area contributed by atoms with E-state index in [0.717, 1.165) is 0 Å². The molecule has 0 saturated heterocycles. The number of fused-ring (bicyclic) bond motifs is 1. The molecule has 0 bridgehead atoms. The monoisotopic (exact) mass is 462 g/mol. The summed E-state index contributed by atoms with van der Waals surface area (Å²) in [6, 6.07) is 16.4. The molecule has 9 nitrogen and oxygen atoms in total. The third-order valence-corrected chi connectivity index (χ3v) is 5.67. The SMILES string of the molecule is CCNC(=O)OC1CCN(C(=O)c2ncoc2-c2ccccc2)CC(=O)N(C)c2ccccc21. The van der Waals surface area contributed by atoms with Crippen LogP contribution in [0.25, 0.3) is 11.3 Å². The molecule has 4 rings (SSSR count). The number of nitrogens with one attached hydrogen (secondary N) is 1. The fraction of sp³-hybridized carbons (Fsp3) is 0.280. The zero-order valence-electron chi connectivity index (χ0n) is 19.1. The zero-order valence-corrected chi connectivity index (χ0v) is 19.1. The Balaban J connectivity index is 1.66. The van der Waals surface area contributed by atoms with Crippen LogP contribution >= 0.6 is 0 Å². The lowest BCUT2D eigenvalue weighted by molar-refractivity contribution is -0.119. The van der Waals surface area contributed by atoms with Gasteiger partial charge in [-0.3, -0.25) is 9.59 Å². The molecule has 1 atom stereocenters. The van der Waals surface area contributed by atoms with Gasteiger partial charge in [-0.05, 0) is 13.0 Å². The van der Waals surface area contributed by atoms with Crippen molar-refractivity contribution in [1.29, 1.82) is 0 Å². The van der Waals surface area contributed by atoms with Crippen LogP contribution in [-0.4, -0.2) is 54.5 Å². The van der Waals surface area contributed by atoms with E-state index in [9.17, 15) is 14.4 Å². The summed E-state index contributed by atoms with van der Waals surface area (Å²) in [5.41, 5.74) is 2.16. The number of amides is 3. The number of benzene rings is 2. The highest BCUT2D eigenvalue weighted by Gasteiger charge is 2.31. The number of likely N-dealkylation sites (N-methyl/N-ethyl adjacent to an activating group) is 1. The highest BCUT2D eigenvalue weighted by Crippen LogP contribution is 2.33. The van der Waals surface area contributed by atoms with Gasteiger partial charge < -0.3 is 24.3 Å². The molecule has 1 aliphatic rings. The Morgan fingerprint density at radius 2 is 1.88 bits per heavy atom. The summed E-state index contributed by atoms with van der Waals surface area (Å²) in [5.74, 6) is -0.369. The van der Waals surface area contributed by atoms with Crippen molar-refractivity contribution in [2.24, 2.45) is 0 Å². The van der Waals surface area contributed by atoms with Crippen LogP contribution in [0.4, 0.5) is 10.5 Å². The Hall–Kier alpha value is -4.14. The maximum atomic E-state index is 13.5. The number of hydrogen-bond acceptors (Lipinski definition) is 6. The predicted molar refractivity (Wildman–Crippen MR) is 125 cm³/mol. The summed E-state index contributed by atoms with van der Waals surface area (Å²) in [6.07, 6.45) is 0.310. The highest BCUT2D eigenvalue weighted by atomic mass is 16.6. The fourth-order valence-electron chi connectivity index (χ4n) is 3.93. The molecule has 0 fully saturated rings. The van der Waals surface area contributed by atoms with Gasteiger partial charge in [0, 0.05) is 37.7 Å². The number of aromatic nitrogens is 1. The average Bonchev–Trinajstić information content (AvgIpc) is 3.36. The van der Waals surface area contributed by atoms with Crippen LogP contribution in [0.3, 0.4) is 0 Å². The van der Waals surface area contributed by atoms with Crippen molar-refractivity contribution in [3.8, 4) is 11.3 Å². The molecule has 3 amide bonds. The van der Waals surface area contributed by atoms with E-state index in [-0.39, 0.29) is 24.7 Å². The number of oxazole rings is 1. The molecule has 176 valence electrons. The third kappa shape index (κ3) is 4.78. The van der Waals surface area contributed by atoms with Crippen LogP contribution in [0.2, 0.25) is 0 Å². The molecule has 1 N–H and O–H groups in total. The molecule has 0 saturated carbocycles. The molecule has 3 aromatic rings. The topological polar surface area (TPSA) is 105 Å². The minimum Gasteiger partial charge on any atom is -0.443 e. The van der Waals surface area contributed by atoms with E-state index in [0.29, 0.717) is 35.5 Å². The van der Waals surface area contributed by atoms with E-state index < -0.39 is 18.1 Å². The van der Waals surface area contributed by atoms with Crippen LogP contribution in [0.5, 0.6) is 0 Å². The quantitative estimate of drug-likeness (QED) is 0.635. The number of carbonyl (C=O) groups is 3. The number of ether oxygens (including phenoxy) is 1. The molecule has 0 radical (unpaired) electrons. The summed E-state index contributed by atoms with van der Waals surface area (Å²) in [5, 5.41) is 2.63. The molecule has 0 aliphatic carbocycles. The first kappa shape index (κ1) is 23.0. The molecule has 9 heteroatoms. The first-order valence-corrected chi connectivity index (χ1v) is 11.1. The summed E-state index contributed by atoms with van der Waals surface area (Å²) < 4.78 is 11.2. The minimum atomic E-state index is -0.655. The Morgan fingerprint density at radius 3 is 2.65 bits per heavy atom. The van der Waals surface area contributed by atoms with Crippen LogP contribution in [-0.2, 0) is 9.53 Å². The molecule has 0 spiro atoms. The second kappa shape index (κ2) is 10.2. The zero-order chi connectivity index (χ0) is 24.1. The van der Waals surface area contributed by atoms with Crippen LogP contribution in [0, 0.1) is 0 Å². The van der Waals surface area contributed by atoms with Crippen molar-refractivity contribution in [3.63, 3.8) is 0 Å². The normalized spacial score (nSPS) is 16.2. The van der Waals surface area contributed by atoms with E-state index in [4.69, 9.17) is 9.15 Å². The molecule has 2 aromatic carbocycles. The molecular formula is C25H26N4O5. The lowest BCUT2D eigenvalue weighted by Gasteiger charge is -2.23. The van der Waals surface area contributed by atoms with E-state index in [2.05, 4.69) is 10.3 Å². The van der Waals surface area contributed by atoms with Gasteiger partial charge in [-0.2, -0.15) is 0 Å². The number of para-hydroxylation sites is 1. The Bertz CT molecular complexity index is 1180. The Labute approximate surface area is 197 Å². The van der Waals surface area contributed by atoms with E-state index in [1.165, 1.54) is 16.2 Å². The smallest absolute Gasteiger partial charge is 0.407 e. The number of rotatable bonds is 4. The molecule has 1 unspecified atom stereocenters. The van der Waals surface area contributed by atoms with Gasteiger partial charge >= 0.3 is 6.09 Å². The van der Waals surface area contributed by atoms with E-state index in [1.807, 2.05) is 48.5 Å². The van der Waals surface area contributed by atoms with Crippen LogP contribution in [0.1, 0.15) is 35.5 Å². The standard InChI is InChI=1S/C25H26N4O5/c1-3-26-25(32)34-20-13-14-29(15-21(30)28(2)19-12-8-7-11-18(19)20)24(31)22-23(33-16-27-22)17-9-5-4-6-10-17/h4-12,16,20H,3,13-15H2,1-2H3,(H,26,32). The van der Waals surface area contributed by atoms with Crippen molar-refractivity contribution in [2.75, 3.05) is 31.6 Å². The maximum Gasteiger partial charge on any atom is 0.407 e. The number of carbonyl (C=O) groups excluding carboxylic acids is 3. The van der Waals surface area contributed by atoms with Crippen LogP contribution < -0.4 is 10.2 Å². The van der Waals surface area contributed by atoms with Gasteiger partial charge in [0.25, 0.3) is 5.91 Å². The summed E-state index contributed by atoms with van der Waals surface area (Å²) in [7, 11) is 1.64. The van der Waals surface area contributed by atoms with Crippen molar-refractivity contribution in [1.82, 2.24) is 15.2 Å². The second-order valence-corrected chi connectivity index (χ2v) is 7.85. The number of nitrogens with zero attached hydrogens (tertiary/aromatic N) is 3. The fourth-order valence-corrected chi connectivity index (χ4v) is 3.93. The van der Waals surface area contributed by atoms with Crippen molar-refractivity contribution in [2.45, 2.75) is 19.4 Å². The molecule has 34 heavy (non-hydrogen) atoms. The summed E-state index contributed by atoms with van der Waals surface area (Å²) in [4.78, 5) is 45.9. The minimum absolute atomic E-state index is 0.125. The van der Waals surface area contributed by atoms with Gasteiger partial charge in [0.05, 0.1) is 5.69 Å². The third-order valence-electron chi connectivity index (χ3n) is 5.67. The molecule has 1 aromatic heterocycles. The maximum absolute atomic E-state index is 13.5. The Morgan fingerprint density at radius 1 is 1.15 bits per heavy atom. The predicted octanol–water partition coefficient (Wildman–Crippen LogP) is 3.64. The van der Waals surface area contributed by atoms with Gasteiger partial charge in [-0.1, -0.05) is 48.5 Å². The number of alkyl carbamates (subject to hydrolysis) is 1. The first-order valence-electron chi connectivity index (χ1n) is 11.1.